The molecule has 0 aromatic heterocycles. The zero-order chi connectivity index (χ0) is 15.1. The van der Waals surface area contributed by atoms with E-state index in [1.807, 2.05) is 25.1 Å². The number of Topliss-reactive ketones (excluding diaryl/α,β-unsaturated/α-hetero) is 1. The lowest BCUT2D eigenvalue weighted by atomic mass is 9.99. The third-order valence-corrected chi connectivity index (χ3v) is 3.93. The van der Waals surface area contributed by atoms with Crippen LogP contribution in [0.15, 0.2) is 18.2 Å². The molecule has 0 amide bonds. The highest BCUT2D eigenvalue weighted by Crippen LogP contribution is 2.20. The summed E-state index contributed by atoms with van der Waals surface area (Å²) in [6.45, 7) is 9.69. The minimum absolute atomic E-state index is 0.244. The van der Waals surface area contributed by atoms with Crippen LogP contribution in [0.25, 0.3) is 0 Å². The number of hydrogen-bond donors (Lipinski definition) is 1. The zero-order valence-corrected chi connectivity index (χ0v) is 13.2. The van der Waals surface area contributed by atoms with Crippen LogP contribution in [0.1, 0.15) is 36.2 Å². The lowest BCUT2D eigenvalue weighted by Crippen LogP contribution is -2.44. The summed E-state index contributed by atoms with van der Waals surface area (Å²) in [6, 6.07) is 5.83. The summed E-state index contributed by atoms with van der Waals surface area (Å²) in [5.74, 6) is 1.10. The van der Waals surface area contributed by atoms with E-state index in [1.165, 1.54) is 0 Å². The first kappa shape index (κ1) is 16.0. The SMILES string of the molecule is CCOc1ccc(C(=O)CCN2CCNCC2)c(CC)c1. The van der Waals surface area contributed by atoms with Crippen molar-refractivity contribution in [1.82, 2.24) is 10.2 Å². The Hall–Kier alpha value is -1.39. The van der Waals surface area contributed by atoms with Crippen LogP contribution in [0.5, 0.6) is 5.75 Å². The van der Waals surface area contributed by atoms with Crippen molar-refractivity contribution < 1.29 is 9.53 Å². The number of piperazine rings is 1. The molecule has 0 radical (unpaired) electrons. The van der Waals surface area contributed by atoms with Crippen LogP contribution in [-0.4, -0.2) is 50.0 Å². The van der Waals surface area contributed by atoms with Crippen molar-refractivity contribution in [3.63, 3.8) is 0 Å². The molecule has 0 unspecified atom stereocenters. The van der Waals surface area contributed by atoms with Crippen molar-refractivity contribution in [2.75, 3.05) is 39.3 Å². The first-order valence-electron chi connectivity index (χ1n) is 7.96. The molecule has 1 aromatic rings. The van der Waals surface area contributed by atoms with E-state index in [4.69, 9.17) is 4.74 Å². The molecule has 21 heavy (non-hydrogen) atoms. The Labute approximate surface area is 127 Å². The van der Waals surface area contributed by atoms with Crippen LogP contribution in [0.2, 0.25) is 0 Å². The maximum absolute atomic E-state index is 12.5. The summed E-state index contributed by atoms with van der Waals surface area (Å²) in [6.07, 6.45) is 1.45. The van der Waals surface area contributed by atoms with Crippen LogP contribution in [0.4, 0.5) is 0 Å². The standard InChI is InChI=1S/C17H26N2O2/c1-3-14-13-15(21-4-2)5-6-16(14)17(20)7-10-19-11-8-18-9-12-19/h5-6,13,18H,3-4,7-12H2,1-2H3. The fourth-order valence-electron chi connectivity index (χ4n) is 2.72. The van der Waals surface area contributed by atoms with Gasteiger partial charge in [0, 0.05) is 44.7 Å². The van der Waals surface area contributed by atoms with E-state index in [-0.39, 0.29) is 5.78 Å². The number of hydrogen-bond acceptors (Lipinski definition) is 4. The van der Waals surface area contributed by atoms with Crippen LogP contribution in [0.3, 0.4) is 0 Å². The number of aryl methyl sites for hydroxylation is 1. The van der Waals surface area contributed by atoms with Crippen molar-refractivity contribution >= 4 is 5.78 Å². The van der Waals surface area contributed by atoms with E-state index in [2.05, 4.69) is 17.1 Å². The first-order chi connectivity index (χ1) is 10.2. The molecule has 0 aliphatic carbocycles. The Balaban J connectivity index is 1.97. The molecule has 1 saturated heterocycles. The first-order valence-corrected chi connectivity index (χ1v) is 7.96. The summed E-state index contributed by atoms with van der Waals surface area (Å²) in [4.78, 5) is 14.8. The predicted octanol–water partition coefficient (Wildman–Crippen LogP) is 2.13. The van der Waals surface area contributed by atoms with Crippen molar-refractivity contribution in [2.24, 2.45) is 0 Å². The molecule has 1 fully saturated rings. The number of rotatable bonds is 7. The normalized spacial score (nSPS) is 15.9. The summed E-state index contributed by atoms with van der Waals surface area (Å²) in [5, 5.41) is 3.33. The summed E-state index contributed by atoms with van der Waals surface area (Å²) in [7, 11) is 0. The Morgan fingerprint density at radius 3 is 2.71 bits per heavy atom. The van der Waals surface area contributed by atoms with Crippen molar-refractivity contribution in [3.8, 4) is 5.75 Å². The Morgan fingerprint density at radius 1 is 1.29 bits per heavy atom. The molecule has 0 spiro atoms. The molecule has 2 rings (SSSR count). The molecule has 1 aliphatic rings. The van der Waals surface area contributed by atoms with Gasteiger partial charge in [-0.2, -0.15) is 0 Å². The van der Waals surface area contributed by atoms with Gasteiger partial charge in [0.15, 0.2) is 5.78 Å². The highest BCUT2D eigenvalue weighted by molar-refractivity contribution is 5.97. The van der Waals surface area contributed by atoms with E-state index in [0.717, 1.165) is 56.0 Å². The highest BCUT2D eigenvalue weighted by atomic mass is 16.5. The molecule has 1 N–H and O–H groups in total. The van der Waals surface area contributed by atoms with Crippen molar-refractivity contribution in [1.29, 1.82) is 0 Å². The minimum Gasteiger partial charge on any atom is -0.494 e. The minimum atomic E-state index is 0.244. The second-order valence-corrected chi connectivity index (χ2v) is 5.37. The number of benzene rings is 1. The number of carbonyl (C=O) groups is 1. The fourth-order valence-corrected chi connectivity index (χ4v) is 2.72. The van der Waals surface area contributed by atoms with E-state index in [9.17, 15) is 4.79 Å². The summed E-state index contributed by atoms with van der Waals surface area (Å²) < 4.78 is 5.51. The second-order valence-electron chi connectivity index (χ2n) is 5.37. The van der Waals surface area contributed by atoms with Gasteiger partial charge in [0.1, 0.15) is 5.75 Å². The smallest absolute Gasteiger partial charge is 0.164 e. The Kier molecular flexibility index (Phi) is 6.21. The van der Waals surface area contributed by atoms with Crippen LogP contribution >= 0.6 is 0 Å². The third-order valence-electron chi connectivity index (χ3n) is 3.93. The largest absolute Gasteiger partial charge is 0.494 e. The van der Waals surface area contributed by atoms with Gasteiger partial charge in [0.25, 0.3) is 0 Å². The van der Waals surface area contributed by atoms with Gasteiger partial charge in [0.05, 0.1) is 6.61 Å². The molecule has 0 saturated carbocycles. The van der Waals surface area contributed by atoms with Crippen LogP contribution < -0.4 is 10.1 Å². The lowest BCUT2D eigenvalue weighted by Gasteiger charge is -2.26. The number of nitrogens with zero attached hydrogens (tertiary/aromatic N) is 1. The van der Waals surface area contributed by atoms with E-state index in [0.29, 0.717) is 13.0 Å². The van der Waals surface area contributed by atoms with Gasteiger partial charge in [-0.15, -0.1) is 0 Å². The lowest BCUT2D eigenvalue weighted by molar-refractivity contribution is 0.0959. The van der Waals surface area contributed by atoms with E-state index < -0.39 is 0 Å². The Morgan fingerprint density at radius 2 is 2.05 bits per heavy atom. The molecular formula is C17H26N2O2. The summed E-state index contributed by atoms with van der Waals surface area (Å²) >= 11 is 0. The Bertz CT molecular complexity index is 468. The van der Waals surface area contributed by atoms with Crippen molar-refractivity contribution in [2.45, 2.75) is 26.7 Å². The van der Waals surface area contributed by atoms with Gasteiger partial charge in [-0.1, -0.05) is 6.92 Å². The average Bonchev–Trinajstić information content (AvgIpc) is 2.53. The number of nitrogens with one attached hydrogen (secondary N) is 1. The van der Waals surface area contributed by atoms with E-state index in [1.54, 1.807) is 0 Å². The van der Waals surface area contributed by atoms with E-state index >= 15 is 0 Å². The van der Waals surface area contributed by atoms with Gasteiger partial charge in [-0.3, -0.25) is 4.79 Å². The van der Waals surface area contributed by atoms with Gasteiger partial charge in [-0.25, -0.2) is 0 Å². The zero-order valence-electron chi connectivity index (χ0n) is 13.2. The highest BCUT2D eigenvalue weighted by Gasteiger charge is 2.15. The molecular weight excluding hydrogens is 264 g/mol. The average molecular weight is 290 g/mol. The number of carbonyl (C=O) groups excluding carboxylic acids is 1. The van der Waals surface area contributed by atoms with Crippen LogP contribution in [0, 0.1) is 0 Å². The maximum Gasteiger partial charge on any atom is 0.164 e. The fraction of sp³-hybridized carbons (Fsp3) is 0.588. The van der Waals surface area contributed by atoms with Gasteiger partial charge >= 0.3 is 0 Å². The molecule has 0 atom stereocenters. The summed E-state index contributed by atoms with van der Waals surface area (Å²) in [5.41, 5.74) is 1.95. The number of ketones is 1. The van der Waals surface area contributed by atoms with Crippen LogP contribution in [-0.2, 0) is 6.42 Å². The quantitative estimate of drug-likeness (QED) is 0.781. The third kappa shape index (κ3) is 4.55. The maximum atomic E-state index is 12.5. The van der Waals surface area contributed by atoms with Crippen molar-refractivity contribution in [3.05, 3.63) is 29.3 Å². The molecule has 4 heteroatoms. The van der Waals surface area contributed by atoms with Gasteiger partial charge in [0.2, 0.25) is 0 Å². The molecule has 1 aromatic carbocycles. The molecule has 0 bridgehead atoms. The molecule has 1 heterocycles. The monoisotopic (exact) mass is 290 g/mol. The second kappa shape index (κ2) is 8.15. The molecule has 1 aliphatic heterocycles. The number of ether oxygens (including phenoxy) is 1. The molecule has 4 nitrogen and oxygen atoms in total. The van der Waals surface area contributed by atoms with Gasteiger partial charge < -0.3 is 15.0 Å². The topological polar surface area (TPSA) is 41.6 Å². The predicted molar refractivity (Wildman–Crippen MR) is 85.2 cm³/mol. The molecule has 116 valence electrons. The van der Waals surface area contributed by atoms with Gasteiger partial charge in [-0.05, 0) is 37.1 Å².